The molecule has 4 nitrogen and oxygen atoms in total. The lowest BCUT2D eigenvalue weighted by molar-refractivity contribution is 0.0954. The highest BCUT2D eigenvalue weighted by Crippen LogP contribution is 2.20. The predicted octanol–water partition coefficient (Wildman–Crippen LogP) is 1.76. The van der Waals surface area contributed by atoms with Crippen LogP contribution in [0.4, 0.5) is 0 Å². The molecule has 0 spiro atoms. The highest BCUT2D eigenvalue weighted by atomic mass is 16.5. The molecule has 0 bridgehead atoms. The van der Waals surface area contributed by atoms with Crippen molar-refractivity contribution in [3.05, 3.63) is 46.5 Å². The minimum atomic E-state index is 0.00855. The van der Waals surface area contributed by atoms with Crippen LogP contribution in [0.5, 0.6) is 0 Å². The molecule has 106 valence electrons. The lowest BCUT2D eigenvalue weighted by Crippen LogP contribution is -2.26. The van der Waals surface area contributed by atoms with Gasteiger partial charge in [0.2, 0.25) is 0 Å². The molecule has 20 heavy (non-hydrogen) atoms. The molecule has 1 amide bonds. The fourth-order valence-electron chi connectivity index (χ4n) is 2.65. The summed E-state index contributed by atoms with van der Waals surface area (Å²) >= 11 is 0. The minimum Gasteiger partial charge on any atom is -0.372 e. The van der Waals surface area contributed by atoms with E-state index in [0.717, 1.165) is 37.1 Å². The normalized spacial score (nSPS) is 17.5. The molecule has 4 heteroatoms. The Kier molecular flexibility index (Phi) is 4.14. The van der Waals surface area contributed by atoms with Crippen LogP contribution in [0.25, 0.3) is 0 Å². The van der Waals surface area contributed by atoms with Crippen molar-refractivity contribution in [3.63, 3.8) is 0 Å². The third kappa shape index (κ3) is 3.08. The van der Waals surface area contributed by atoms with Gasteiger partial charge in [0.05, 0.1) is 13.2 Å². The highest BCUT2D eigenvalue weighted by molar-refractivity contribution is 5.94. The Labute approximate surface area is 119 Å². The summed E-state index contributed by atoms with van der Waals surface area (Å²) in [6, 6.07) is 5.82. The van der Waals surface area contributed by atoms with Gasteiger partial charge >= 0.3 is 0 Å². The van der Waals surface area contributed by atoms with Crippen molar-refractivity contribution in [2.75, 3.05) is 19.6 Å². The largest absolute Gasteiger partial charge is 0.372 e. The molecule has 1 aromatic carbocycles. The van der Waals surface area contributed by atoms with Crippen molar-refractivity contribution >= 4 is 5.91 Å². The molecule has 2 heterocycles. The summed E-state index contributed by atoms with van der Waals surface area (Å²) in [4.78, 5) is 12.1. The SMILES string of the molecule is O=C(NCCC1=CCNCC1)c1ccc2c(c1)COC2. The number of fused-ring (bicyclic) bond motifs is 1. The van der Waals surface area contributed by atoms with Crippen LogP contribution in [-0.2, 0) is 18.0 Å². The molecule has 2 N–H and O–H groups in total. The number of rotatable bonds is 4. The second-order valence-corrected chi connectivity index (χ2v) is 5.30. The Bertz CT molecular complexity index is 537. The van der Waals surface area contributed by atoms with Crippen LogP contribution in [0.2, 0.25) is 0 Å². The van der Waals surface area contributed by atoms with Gasteiger partial charge in [-0.05, 0) is 42.6 Å². The van der Waals surface area contributed by atoms with Crippen molar-refractivity contribution in [1.82, 2.24) is 10.6 Å². The first-order chi connectivity index (χ1) is 9.83. The van der Waals surface area contributed by atoms with Crippen molar-refractivity contribution < 1.29 is 9.53 Å². The second-order valence-electron chi connectivity index (χ2n) is 5.30. The van der Waals surface area contributed by atoms with E-state index in [2.05, 4.69) is 16.7 Å². The fraction of sp³-hybridized carbons (Fsp3) is 0.438. The Hall–Kier alpha value is -1.65. The predicted molar refractivity (Wildman–Crippen MR) is 77.5 cm³/mol. The Balaban J connectivity index is 1.52. The molecule has 0 atom stereocenters. The van der Waals surface area contributed by atoms with E-state index in [1.165, 1.54) is 11.1 Å². The summed E-state index contributed by atoms with van der Waals surface area (Å²) in [5.41, 5.74) is 4.50. The van der Waals surface area contributed by atoms with Crippen LogP contribution in [0.3, 0.4) is 0 Å². The van der Waals surface area contributed by atoms with Crippen molar-refractivity contribution in [1.29, 1.82) is 0 Å². The lowest BCUT2D eigenvalue weighted by Gasteiger charge is -2.14. The third-order valence-electron chi connectivity index (χ3n) is 3.87. The topological polar surface area (TPSA) is 50.4 Å². The third-order valence-corrected chi connectivity index (χ3v) is 3.87. The molecular weight excluding hydrogens is 252 g/mol. The van der Waals surface area contributed by atoms with Gasteiger partial charge in [-0.3, -0.25) is 4.79 Å². The maximum atomic E-state index is 12.1. The summed E-state index contributed by atoms with van der Waals surface area (Å²) in [6.45, 7) is 3.99. The average Bonchev–Trinajstić information content (AvgIpc) is 2.95. The van der Waals surface area contributed by atoms with Crippen molar-refractivity contribution in [3.8, 4) is 0 Å². The standard InChI is InChI=1S/C16H20N2O2/c19-16(18-8-5-12-3-6-17-7-4-12)13-1-2-14-10-20-11-15(14)9-13/h1-3,9,17H,4-8,10-11H2,(H,18,19). The van der Waals surface area contributed by atoms with E-state index >= 15 is 0 Å². The van der Waals surface area contributed by atoms with Gasteiger partial charge in [0, 0.05) is 18.7 Å². The minimum absolute atomic E-state index is 0.00855. The number of amides is 1. The molecular formula is C16H20N2O2. The van der Waals surface area contributed by atoms with E-state index in [4.69, 9.17) is 4.74 Å². The van der Waals surface area contributed by atoms with Gasteiger partial charge in [-0.25, -0.2) is 0 Å². The van der Waals surface area contributed by atoms with Gasteiger partial charge < -0.3 is 15.4 Å². The number of hydrogen-bond donors (Lipinski definition) is 2. The number of benzene rings is 1. The van der Waals surface area contributed by atoms with Crippen molar-refractivity contribution in [2.45, 2.75) is 26.1 Å². The Morgan fingerprint density at radius 1 is 1.30 bits per heavy atom. The zero-order valence-electron chi connectivity index (χ0n) is 11.6. The smallest absolute Gasteiger partial charge is 0.251 e. The van der Waals surface area contributed by atoms with Crippen LogP contribution in [0.1, 0.15) is 34.3 Å². The summed E-state index contributed by atoms with van der Waals surface area (Å²) in [5.74, 6) is 0.00855. The first-order valence-electron chi connectivity index (χ1n) is 7.19. The van der Waals surface area contributed by atoms with E-state index in [0.29, 0.717) is 19.8 Å². The summed E-state index contributed by atoms with van der Waals surface area (Å²) < 4.78 is 5.37. The van der Waals surface area contributed by atoms with Gasteiger partial charge in [-0.2, -0.15) is 0 Å². The summed E-state index contributed by atoms with van der Waals surface area (Å²) in [5, 5.41) is 6.28. The molecule has 2 aliphatic heterocycles. The molecule has 2 aliphatic rings. The lowest BCUT2D eigenvalue weighted by atomic mass is 10.0. The monoisotopic (exact) mass is 272 g/mol. The van der Waals surface area contributed by atoms with Gasteiger partial charge in [-0.1, -0.05) is 17.7 Å². The van der Waals surface area contributed by atoms with Gasteiger partial charge in [-0.15, -0.1) is 0 Å². The molecule has 0 saturated carbocycles. The fourth-order valence-corrected chi connectivity index (χ4v) is 2.65. The molecule has 3 rings (SSSR count). The van der Waals surface area contributed by atoms with Crippen LogP contribution in [0.15, 0.2) is 29.8 Å². The van der Waals surface area contributed by atoms with Crippen LogP contribution in [-0.4, -0.2) is 25.5 Å². The number of nitrogens with one attached hydrogen (secondary N) is 2. The van der Waals surface area contributed by atoms with E-state index in [1.54, 1.807) is 0 Å². The van der Waals surface area contributed by atoms with Crippen LogP contribution in [0, 0.1) is 0 Å². The average molecular weight is 272 g/mol. The molecule has 0 aliphatic carbocycles. The number of carbonyl (C=O) groups excluding carboxylic acids is 1. The maximum Gasteiger partial charge on any atom is 0.251 e. The number of carbonyl (C=O) groups is 1. The Morgan fingerprint density at radius 2 is 2.20 bits per heavy atom. The zero-order chi connectivity index (χ0) is 13.8. The molecule has 0 saturated heterocycles. The first kappa shape index (κ1) is 13.3. The highest BCUT2D eigenvalue weighted by Gasteiger charge is 2.14. The quantitative estimate of drug-likeness (QED) is 0.821. The molecule has 0 radical (unpaired) electrons. The van der Waals surface area contributed by atoms with Crippen LogP contribution >= 0.6 is 0 Å². The summed E-state index contributed by atoms with van der Waals surface area (Å²) in [7, 11) is 0. The van der Waals surface area contributed by atoms with E-state index in [9.17, 15) is 4.79 Å². The van der Waals surface area contributed by atoms with Gasteiger partial charge in [0.1, 0.15) is 0 Å². The molecule has 0 unspecified atom stereocenters. The molecule has 0 fully saturated rings. The number of hydrogen-bond acceptors (Lipinski definition) is 3. The van der Waals surface area contributed by atoms with Gasteiger partial charge in [0.25, 0.3) is 5.91 Å². The first-order valence-corrected chi connectivity index (χ1v) is 7.19. The van der Waals surface area contributed by atoms with E-state index in [1.807, 2.05) is 18.2 Å². The van der Waals surface area contributed by atoms with Crippen LogP contribution < -0.4 is 10.6 Å². The van der Waals surface area contributed by atoms with E-state index in [-0.39, 0.29) is 5.91 Å². The zero-order valence-corrected chi connectivity index (χ0v) is 11.6. The summed E-state index contributed by atoms with van der Waals surface area (Å²) in [6.07, 6.45) is 4.26. The second kappa shape index (κ2) is 6.20. The Morgan fingerprint density at radius 3 is 3.05 bits per heavy atom. The van der Waals surface area contributed by atoms with Gasteiger partial charge in [0.15, 0.2) is 0 Å². The number of ether oxygens (including phenoxy) is 1. The maximum absolute atomic E-state index is 12.1. The molecule has 1 aromatic rings. The molecule has 0 aromatic heterocycles. The van der Waals surface area contributed by atoms with Crippen molar-refractivity contribution in [2.24, 2.45) is 0 Å². The van der Waals surface area contributed by atoms with E-state index < -0.39 is 0 Å².